The smallest absolute Gasteiger partial charge is 0.264 e. The Morgan fingerprint density at radius 2 is 1.66 bits per heavy atom. The average molecular weight is 448 g/mol. The molecule has 1 aliphatic heterocycles. The number of ketones is 1. The van der Waals surface area contributed by atoms with Gasteiger partial charge < -0.3 is 10.0 Å². The molecule has 1 heterocycles. The van der Waals surface area contributed by atoms with Crippen molar-refractivity contribution in [1.29, 1.82) is 0 Å². The van der Waals surface area contributed by atoms with E-state index in [1.807, 2.05) is 63.2 Å². The van der Waals surface area contributed by atoms with Gasteiger partial charge in [0, 0.05) is 22.7 Å². The Bertz CT molecular complexity index is 1210. The zero-order chi connectivity index (χ0) is 23.0. The van der Waals surface area contributed by atoms with Gasteiger partial charge in [-0.2, -0.15) is 0 Å². The number of rotatable bonds is 6. The molecular weight excluding hydrogens is 422 g/mol. The number of carbonyl (C=O) groups excluding carboxylic acids is 2. The van der Waals surface area contributed by atoms with Gasteiger partial charge in [-0.15, -0.1) is 0 Å². The van der Waals surface area contributed by atoms with E-state index in [9.17, 15) is 14.7 Å². The normalized spacial score (nSPS) is 17.5. The fraction of sp³-hybridized carbons (Fsp3) is 0.259. The van der Waals surface area contributed by atoms with Crippen molar-refractivity contribution in [1.82, 2.24) is 0 Å². The van der Waals surface area contributed by atoms with Crippen molar-refractivity contribution in [3.8, 4) is 0 Å². The van der Waals surface area contributed by atoms with Gasteiger partial charge in [0.25, 0.3) is 5.91 Å². The summed E-state index contributed by atoms with van der Waals surface area (Å²) in [7, 11) is 0. The molecule has 1 unspecified atom stereocenters. The van der Waals surface area contributed by atoms with Crippen molar-refractivity contribution in [3.63, 3.8) is 0 Å². The number of amides is 1. The third kappa shape index (κ3) is 3.96. The SMILES string of the molecule is Cc1cc(C)c(C(=O)CC2(O)C(=O)N(CCc3ccccc3)c3ccc(Cl)cc32)cc1C. The van der Waals surface area contributed by atoms with Gasteiger partial charge in [-0.1, -0.05) is 48.0 Å². The average Bonchev–Trinajstić information content (AvgIpc) is 2.96. The molecule has 1 atom stereocenters. The molecule has 5 heteroatoms. The first-order chi connectivity index (χ1) is 15.2. The number of nitrogens with zero attached hydrogens (tertiary/aromatic N) is 1. The number of Topliss-reactive ketones (excluding diaryl/α,β-unsaturated/α-hetero) is 1. The summed E-state index contributed by atoms with van der Waals surface area (Å²) in [5.41, 5.74) is 3.59. The monoisotopic (exact) mass is 447 g/mol. The summed E-state index contributed by atoms with van der Waals surface area (Å²) in [5.74, 6) is -0.752. The molecular formula is C27H26ClNO3. The van der Waals surface area contributed by atoms with Crippen LogP contribution in [0.25, 0.3) is 0 Å². The summed E-state index contributed by atoms with van der Waals surface area (Å²) < 4.78 is 0. The van der Waals surface area contributed by atoms with Gasteiger partial charge in [0.2, 0.25) is 0 Å². The van der Waals surface area contributed by atoms with Crippen LogP contribution in [0.1, 0.15) is 44.6 Å². The lowest BCUT2D eigenvalue weighted by Crippen LogP contribution is -2.42. The summed E-state index contributed by atoms with van der Waals surface area (Å²) in [6.07, 6.45) is 0.305. The lowest BCUT2D eigenvalue weighted by Gasteiger charge is -2.23. The lowest BCUT2D eigenvalue weighted by molar-refractivity contribution is -0.135. The first-order valence-corrected chi connectivity index (χ1v) is 11.1. The highest BCUT2D eigenvalue weighted by Gasteiger charge is 2.51. The van der Waals surface area contributed by atoms with Crippen molar-refractivity contribution < 1.29 is 14.7 Å². The van der Waals surface area contributed by atoms with Gasteiger partial charge in [0.1, 0.15) is 0 Å². The highest BCUT2D eigenvalue weighted by atomic mass is 35.5. The Morgan fingerprint density at radius 3 is 2.38 bits per heavy atom. The van der Waals surface area contributed by atoms with Gasteiger partial charge in [0.15, 0.2) is 11.4 Å². The van der Waals surface area contributed by atoms with Crippen LogP contribution in [0.3, 0.4) is 0 Å². The summed E-state index contributed by atoms with van der Waals surface area (Å²) in [6.45, 7) is 6.21. The molecule has 0 spiro atoms. The zero-order valence-electron chi connectivity index (χ0n) is 18.5. The van der Waals surface area contributed by atoms with E-state index < -0.39 is 11.5 Å². The number of carbonyl (C=O) groups is 2. The molecule has 0 aromatic heterocycles. The second-order valence-corrected chi connectivity index (χ2v) is 9.00. The van der Waals surface area contributed by atoms with Crippen molar-refractivity contribution >= 4 is 29.0 Å². The highest BCUT2D eigenvalue weighted by Crippen LogP contribution is 2.44. The molecule has 1 aliphatic rings. The molecule has 0 radical (unpaired) electrons. The first-order valence-electron chi connectivity index (χ1n) is 10.7. The van der Waals surface area contributed by atoms with Crippen molar-refractivity contribution in [3.05, 3.63) is 99.1 Å². The van der Waals surface area contributed by atoms with Crippen molar-refractivity contribution in [2.24, 2.45) is 0 Å². The summed E-state index contributed by atoms with van der Waals surface area (Å²) in [6, 6.07) is 18.7. The number of hydrogen-bond acceptors (Lipinski definition) is 3. The molecule has 164 valence electrons. The topological polar surface area (TPSA) is 57.6 Å². The molecule has 0 saturated carbocycles. The molecule has 4 nitrogen and oxygen atoms in total. The number of benzene rings is 3. The fourth-order valence-electron chi connectivity index (χ4n) is 4.39. The Labute approximate surface area is 193 Å². The molecule has 0 fully saturated rings. The highest BCUT2D eigenvalue weighted by molar-refractivity contribution is 6.31. The van der Waals surface area contributed by atoms with Gasteiger partial charge in [-0.25, -0.2) is 0 Å². The third-order valence-electron chi connectivity index (χ3n) is 6.32. The van der Waals surface area contributed by atoms with E-state index in [0.29, 0.717) is 34.8 Å². The predicted molar refractivity (Wildman–Crippen MR) is 127 cm³/mol. The summed E-state index contributed by atoms with van der Waals surface area (Å²) in [5, 5.41) is 12.0. The Balaban J connectivity index is 1.67. The van der Waals surface area contributed by atoms with E-state index in [-0.39, 0.29) is 12.2 Å². The summed E-state index contributed by atoms with van der Waals surface area (Å²) in [4.78, 5) is 28.3. The van der Waals surface area contributed by atoms with Gasteiger partial charge in [-0.05, 0) is 73.7 Å². The number of aryl methyl sites for hydroxylation is 3. The number of aliphatic hydroxyl groups is 1. The Kier molecular flexibility index (Phi) is 5.93. The van der Waals surface area contributed by atoms with Crippen LogP contribution in [-0.4, -0.2) is 23.3 Å². The quantitative estimate of drug-likeness (QED) is 0.520. The van der Waals surface area contributed by atoms with Crippen LogP contribution in [0.4, 0.5) is 5.69 Å². The fourth-order valence-corrected chi connectivity index (χ4v) is 4.56. The molecule has 0 aliphatic carbocycles. The van der Waals surface area contributed by atoms with Crippen molar-refractivity contribution in [2.45, 2.75) is 39.2 Å². The minimum Gasteiger partial charge on any atom is -0.375 e. The first kappa shape index (κ1) is 22.3. The van der Waals surface area contributed by atoms with Gasteiger partial charge in [0.05, 0.1) is 12.1 Å². The maximum atomic E-state index is 13.5. The van der Waals surface area contributed by atoms with Crippen LogP contribution in [0.2, 0.25) is 5.02 Å². The number of halogens is 1. The third-order valence-corrected chi connectivity index (χ3v) is 6.55. The van der Waals surface area contributed by atoms with E-state index in [1.165, 1.54) is 0 Å². The molecule has 3 aromatic carbocycles. The van der Waals surface area contributed by atoms with E-state index in [1.54, 1.807) is 23.1 Å². The largest absolute Gasteiger partial charge is 0.375 e. The lowest BCUT2D eigenvalue weighted by atomic mass is 9.86. The number of fused-ring (bicyclic) bond motifs is 1. The molecule has 1 N–H and O–H groups in total. The maximum absolute atomic E-state index is 13.5. The second kappa shape index (κ2) is 8.53. The van der Waals surface area contributed by atoms with Gasteiger partial charge in [-0.3, -0.25) is 9.59 Å². The van der Waals surface area contributed by atoms with Crippen molar-refractivity contribution in [2.75, 3.05) is 11.4 Å². The standard InChI is InChI=1S/C27H26ClNO3/c1-17-13-19(3)22(14-18(17)2)25(30)16-27(32)23-15-21(28)9-10-24(23)29(26(27)31)12-11-20-7-5-4-6-8-20/h4-10,13-15,32H,11-12,16H2,1-3H3. The van der Waals surface area contributed by atoms with Crippen LogP contribution in [0.15, 0.2) is 60.7 Å². The minimum atomic E-state index is -1.95. The molecule has 3 aromatic rings. The molecule has 4 rings (SSSR count). The van der Waals surface area contributed by atoms with Crippen LogP contribution in [-0.2, 0) is 16.8 Å². The maximum Gasteiger partial charge on any atom is 0.264 e. The van der Waals surface area contributed by atoms with Gasteiger partial charge >= 0.3 is 0 Å². The summed E-state index contributed by atoms with van der Waals surface area (Å²) >= 11 is 6.21. The molecule has 0 saturated heterocycles. The van der Waals surface area contributed by atoms with E-state index in [4.69, 9.17) is 11.6 Å². The van der Waals surface area contributed by atoms with Crippen LogP contribution in [0, 0.1) is 20.8 Å². The van der Waals surface area contributed by atoms with Crippen LogP contribution in [0.5, 0.6) is 0 Å². The molecule has 32 heavy (non-hydrogen) atoms. The molecule has 1 amide bonds. The minimum absolute atomic E-state index is 0.266. The Hall–Kier alpha value is -2.95. The Morgan fingerprint density at radius 1 is 0.969 bits per heavy atom. The van der Waals surface area contributed by atoms with Crippen LogP contribution < -0.4 is 4.90 Å². The number of hydrogen-bond donors (Lipinski definition) is 1. The van der Waals surface area contributed by atoms with E-state index in [2.05, 4.69) is 0 Å². The number of anilines is 1. The predicted octanol–water partition coefficient (Wildman–Crippen LogP) is 5.32. The zero-order valence-corrected chi connectivity index (χ0v) is 19.2. The van der Waals surface area contributed by atoms with E-state index in [0.717, 1.165) is 22.3 Å². The van der Waals surface area contributed by atoms with Crippen LogP contribution >= 0.6 is 11.6 Å². The molecule has 0 bridgehead atoms. The van der Waals surface area contributed by atoms with E-state index >= 15 is 0 Å². The second-order valence-electron chi connectivity index (χ2n) is 8.57.